The molecule has 2 fully saturated rings. The fraction of sp³-hybridized carbons (Fsp3) is 0.765. The normalized spacial score (nSPS) is 23.5. The lowest BCUT2D eigenvalue weighted by atomic mass is 9.82. The van der Waals surface area contributed by atoms with E-state index in [0.717, 1.165) is 19.1 Å². The van der Waals surface area contributed by atoms with Crippen molar-refractivity contribution in [2.45, 2.75) is 75.9 Å². The highest BCUT2D eigenvalue weighted by atomic mass is 32.1. The molecule has 0 radical (unpaired) electrons. The van der Waals surface area contributed by atoms with E-state index in [1.807, 2.05) is 11.3 Å². The third kappa shape index (κ3) is 3.26. The van der Waals surface area contributed by atoms with E-state index >= 15 is 0 Å². The zero-order valence-corrected chi connectivity index (χ0v) is 13.3. The molecule has 1 heterocycles. The first-order valence-electron chi connectivity index (χ1n) is 8.32. The van der Waals surface area contributed by atoms with Gasteiger partial charge in [-0.25, -0.2) is 0 Å². The van der Waals surface area contributed by atoms with Crippen LogP contribution in [-0.4, -0.2) is 23.0 Å². The van der Waals surface area contributed by atoms with Gasteiger partial charge in [-0.2, -0.15) is 11.3 Å². The molecule has 1 aromatic rings. The molecule has 0 amide bonds. The zero-order chi connectivity index (χ0) is 13.8. The Morgan fingerprint density at radius 3 is 2.40 bits per heavy atom. The average molecular weight is 292 g/mol. The van der Waals surface area contributed by atoms with Crippen LogP contribution in [0.1, 0.15) is 63.4 Å². The number of hydrogen-bond acceptors (Lipinski definition) is 3. The second-order valence-electron chi connectivity index (χ2n) is 6.69. The first-order valence-corrected chi connectivity index (χ1v) is 9.26. The molecule has 0 unspecified atom stereocenters. The molecular formula is C17H28N2S. The molecule has 0 saturated heterocycles. The largest absolute Gasteiger partial charge is 0.329 e. The number of nitrogens with zero attached hydrogens (tertiary/aromatic N) is 1. The average Bonchev–Trinajstić information content (AvgIpc) is 3.14. The van der Waals surface area contributed by atoms with Crippen LogP contribution in [0.25, 0.3) is 0 Å². The summed E-state index contributed by atoms with van der Waals surface area (Å²) in [4.78, 5) is 2.79. The Balaban J connectivity index is 1.78. The van der Waals surface area contributed by atoms with Gasteiger partial charge >= 0.3 is 0 Å². The van der Waals surface area contributed by atoms with E-state index in [9.17, 15) is 0 Å². The molecule has 3 heteroatoms. The fourth-order valence-corrected chi connectivity index (χ4v) is 4.48. The van der Waals surface area contributed by atoms with E-state index in [4.69, 9.17) is 5.73 Å². The van der Waals surface area contributed by atoms with E-state index in [2.05, 4.69) is 21.7 Å². The molecule has 1 aromatic heterocycles. The lowest BCUT2D eigenvalue weighted by Crippen LogP contribution is -2.54. The van der Waals surface area contributed by atoms with E-state index in [1.54, 1.807) is 0 Å². The van der Waals surface area contributed by atoms with Crippen molar-refractivity contribution in [2.75, 3.05) is 6.54 Å². The maximum atomic E-state index is 6.32. The van der Waals surface area contributed by atoms with Crippen molar-refractivity contribution < 1.29 is 0 Å². The fourth-order valence-electron chi connectivity index (χ4n) is 3.82. The van der Waals surface area contributed by atoms with Gasteiger partial charge in [-0.05, 0) is 48.1 Å². The van der Waals surface area contributed by atoms with Crippen LogP contribution >= 0.6 is 11.3 Å². The summed E-state index contributed by atoms with van der Waals surface area (Å²) in [6.07, 6.45) is 12.3. The number of thiophene rings is 1. The standard InChI is InChI=1S/C17H28N2S/c18-14-17(9-4-2-1-3-5-10-17)19(16-6-7-16)12-15-8-11-20-13-15/h8,11,13,16H,1-7,9-10,12,14,18H2. The van der Waals surface area contributed by atoms with E-state index < -0.39 is 0 Å². The summed E-state index contributed by atoms with van der Waals surface area (Å²) in [5.74, 6) is 0. The summed E-state index contributed by atoms with van der Waals surface area (Å²) in [5, 5.41) is 4.51. The SMILES string of the molecule is NCC1(N(Cc2ccsc2)C2CC2)CCCCCCC1. The van der Waals surface area contributed by atoms with Gasteiger partial charge in [0, 0.05) is 24.7 Å². The van der Waals surface area contributed by atoms with Crippen molar-refractivity contribution >= 4 is 11.3 Å². The Hall–Kier alpha value is -0.380. The van der Waals surface area contributed by atoms with Crippen molar-refractivity contribution in [2.24, 2.45) is 5.73 Å². The first-order chi connectivity index (χ1) is 9.84. The molecule has 20 heavy (non-hydrogen) atoms. The Kier molecular flexibility index (Phi) is 4.79. The molecule has 0 aromatic carbocycles. The number of hydrogen-bond donors (Lipinski definition) is 1. The summed E-state index contributed by atoms with van der Waals surface area (Å²) < 4.78 is 0. The Morgan fingerprint density at radius 1 is 1.15 bits per heavy atom. The monoisotopic (exact) mass is 292 g/mol. The van der Waals surface area contributed by atoms with E-state index in [-0.39, 0.29) is 5.54 Å². The molecule has 3 rings (SSSR count). The third-order valence-electron chi connectivity index (χ3n) is 5.19. The zero-order valence-electron chi connectivity index (χ0n) is 12.5. The predicted molar refractivity (Wildman–Crippen MR) is 87.0 cm³/mol. The van der Waals surface area contributed by atoms with Crippen LogP contribution in [0.3, 0.4) is 0 Å². The van der Waals surface area contributed by atoms with Crippen molar-refractivity contribution in [1.82, 2.24) is 4.90 Å². The molecule has 0 atom stereocenters. The van der Waals surface area contributed by atoms with Crippen LogP contribution < -0.4 is 5.73 Å². The topological polar surface area (TPSA) is 29.3 Å². The molecule has 2 saturated carbocycles. The minimum absolute atomic E-state index is 0.281. The highest BCUT2D eigenvalue weighted by Crippen LogP contribution is 2.40. The van der Waals surface area contributed by atoms with Gasteiger partial charge in [-0.3, -0.25) is 4.90 Å². The molecule has 2 nitrogen and oxygen atoms in total. The van der Waals surface area contributed by atoms with Gasteiger partial charge in [0.1, 0.15) is 0 Å². The van der Waals surface area contributed by atoms with E-state index in [1.165, 1.54) is 63.4 Å². The minimum Gasteiger partial charge on any atom is -0.329 e. The van der Waals surface area contributed by atoms with Crippen LogP contribution in [0.4, 0.5) is 0 Å². The van der Waals surface area contributed by atoms with Crippen LogP contribution in [0.2, 0.25) is 0 Å². The van der Waals surface area contributed by atoms with Crippen molar-refractivity contribution in [3.63, 3.8) is 0 Å². The highest BCUT2D eigenvalue weighted by molar-refractivity contribution is 7.07. The maximum absolute atomic E-state index is 6.32. The van der Waals surface area contributed by atoms with Crippen LogP contribution in [-0.2, 0) is 6.54 Å². The Labute approximate surface area is 127 Å². The van der Waals surface area contributed by atoms with Gasteiger partial charge < -0.3 is 5.73 Å². The molecule has 0 spiro atoms. The summed E-state index contributed by atoms with van der Waals surface area (Å²) in [7, 11) is 0. The predicted octanol–water partition coefficient (Wildman–Crippen LogP) is 4.15. The lowest BCUT2D eigenvalue weighted by molar-refractivity contribution is 0.0509. The summed E-state index contributed by atoms with van der Waals surface area (Å²) in [5.41, 5.74) is 8.08. The Morgan fingerprint density at radius 2 is 1.85 bits per heavy atom. The molecule has 0 aliphatic heterocycles. The van der Waals surface area contributed by atoms with Gasteiger partial charge in [-0.15, -0.1) is 0 Å². The quantitative estimate of drug-likeness (QED) is 0.883. The van der Waals surface area contributed by atoms with Gasteiger partial charge in [-0.1, -0.05) is 32.1 Å². The summed E-state index contributed by atoms with van der Waals surface area (Å²) >= 11 is 1.82. The molecule has 0 bridgehead atoms. The molecule has 2 aliphatic carbocycles. The van der Waals surface area contributed by atoms with Gasteiger partial charge in [0.15, 0.2) is 0 Å². The van der Waals surface area contributed by atoms with Crippen LogP contribution in [0.5, 0.6) is 0 Å². The molecule has 112 valence electrons. The van der Waals surface area contributed by atoms with Gasteiger partial charge in [0.2, 0.25) is 0 Å². The van der Waals surface area contributed by atoms with Gasteiger partial charge in [0.25, 0.3) is 0 Å². The van der Waals surface area contributed by atoms with Gasteiger partial charge in [0.05, 0.1) is 0 Å². The van der Waals surface area contributed by atoms with Crippen LogP contribution in [0, 0.1) is 0 Å². The second-order valence-corrected chi connectivity index (χ2v) is 7.47. The van der Waals surface area contributed by atoms with E-state index in [0.29, 0.717) is 0 Å². The third-order valence-corrected chi connectivity index (χ3v) is 5.93. The lowest BCUT2D eigenvalue weighted by Gasteiger charge is -2.45. The van der Waals surface area contributed by atoms with Crippen molar-refractivity contribution in [3.05, 3.63) is 22.4 Å². The molecule has 2 aliphatic rings. The second kappa shape index (κ2) is 6.59. The maximum Gasteiger partial charge on any atom is 0.0338 e. The Bertz CT molecular complexity index is 389. The first kappa shape index (κ1) is 14.6. The summed E-state index contributed by atoms with van der Waals surface area (Å²) in [6, 6.07) is 3.09. The highest BCUT2D eigenvalue weighted by Gasteiger charge is 2.42. The number of nitrogens with two attached hydrogens (primary N) is 1. The number of rotatable bonds is 5. The summed E-state index contributed by atoms with van der Waals surface area (Å²) in [6.45, 7) is 1.96. The van der Waals surface area contributed by atoms with Crippen LogP contribution in [0.15, 0.2) is 16.8 Å². The molecule has 2 N–H and O–H groups in total. The van der Waals surface area contributed by atoms with Crippen molar-refractivity contribution in [3.8, 4) is 0 Å². The molecular weight excluding hydrogens is 264 g/mol. The van der Waals surface area contributed by atoms with Crippen molar-refractivity contribution in [1.29, 1.82) is 0 Å². The minimum atomic E-state index is 0.281. The smallest absolute Gasteiger partial charge is 0.0338 e.